The first kappa shape index (κ1) is 22.1. The summed E-state index contributed by atoms with van der Waals surface area (Å²) in [6, 6.07) is 15.8. The van der Waals surface area contributed by atoms with Crippen LogP contribution in [-0.4, -0.2) is 30.0 Å². The summed E-state index contributed by atoms with van der Waals surface area (Å²) in [4.78, 5) is 24.5. The van der Waals surface area contributed by atoms with E-state index in [0.29, 0.717) is 16.4 Å². The monoisotopic (exact) mass is 465 g/mol. The molecule has 0 unspecified atom stereocenters. The number of fused-ring (bicyclic) bond motifs is 1. The minimum absolute atomic E-state index is 0.0290. The fourth-order valence-corrected chi connectivity index (χ4v) is 5.30. The van der Waals surface area contributed by atoms with Crippen LogP contribution in [0.1, 0.15) is 34.1 Å². The van der Waals surface area contributed by atoms with E-state index < -0.39 is 9.84 Å². The Kier molecular flexibility index (Phi) is 6.08. The molecule has 2 aromatic heterocycles. The fourth-order valence-electron chi connectivity index (χ4n) is 3.35. The van der Waals surface area contributed by atoms with E-state index in [-0.39, 0.29) is 23.1 Å². The fraction of sp³-hybridized carbons (Fsp3) is 0.208. The molecule has 32 heavy (non-hydrogen) atoms. The number of amides is 1. The van der Waals surface area contributed by atoms with E-state index in [1.807, 2.05) is 44.2 Å². The normalized spacial score (nSPS) is 11.6. The molecule has 0 fully saturated rings. The van der Waals surface area contributed by atoms with Crippen LogP contribution in [0.4, 0.5) is 5.13 Å². The lowest BCUT2D eigenvalue weighted by Crippen LogP contribution is -2.30. The minimum Gasteiger partial charge on any atom is -0.278 e. The summed E-state index contributed by atoms with van der Waals surface area (Å²) in [6.07, 6.45) is 1.68. The summed E-state index contributed by atoms with van der Waals surface area (Å²) in [6.45, 7) is 5.86. The average Bonchev–Trinajstić information content (AvgIpc) is 3.25. The van der Waals surface area contributed by atoms with Crippen molar-refractivity contribution in [2.45, 2.75) is 32.2 Å². The lowest BCUT2D eigenvalue weighted by atomic mass is 10.1. The molecule has 164 valence electrons. The minimum atomic E-state index is -3.43. The van der Waals surface area contributed by atoms with E-state index in [0.717, 1.165) is 21.3 Å². The van der Waals surface area contributed by atoms with Gasteiger partial charge in [-0.05, 0) is 61.4 Å². The molecule has 0 saturated carbocycles. The molecular formula is C24H23N3O3S2. The van der Waals surface area contributed by atoms with Gasteiger partial charge in [0.1, 0.15) is 0 Å². The van der Waals surface area contributed by atoms with Gasteiger partial charge in [-0.25, -0.2) is 13.4 Å². The molecule has 0 aliphatic rings. The number of aromatic nitrogens is 2. The Labute approximate surface area is 191 Å². The Balaban J connectivity index is 1.81. The number of thiazole rings is 1. The van der Waals surface area contributed by atoms with E-state index in [9.17, 15) is 13.2 Å². The number of hydrogen-bond acceptors (Lipinski definition) is 6. The molecule has 4 aromatic rings. The zero-order valence-corrected chi connectivity index (χ0v) is 19.7. The number of aryl methyl sites for hydroxylation is 2. The molecule has 2 aromatic carbocycles. The maximum atomic E-state index is 13.6. The number of rotatable bonds is 6. The van der Waals surface area contributed by atoms with Crippen molar-refractivity contribution in [3.63, 3.8) is 0 Å². The number of benzene rings is 2. The first-order valence-electron chi connectivity index (χ1n) is 10.2. The van der Waals surface area contributed by atoms with Gasteiger partial charge < -0.3 is 0 Å². The van der Waals surface area contributed by atoms with Crippen LogP contribution in [0.5, 0.6) is 0 Å². The molecule has 0 spiro atoms. The van der Waals surface area contributed by atoms with Crippen molar-refractivity contribution in [1.82, 2.24) is 9.97 Å². The molecule has 0 aliphatic heterocycles. The smallest absolute Gasteiger partial charge is 0.260 e. The summed E-state index contributed by atoms with van der Waals surface area (Å²) in [7, 11) is -3.43. The van der Waals surface area contributed by atoms with Crippen LogP contribution < -0.4 is 4.90 Å². The molecular weight excluding hydrogens is 442 g/mol. The lowest BCUT2D eigenvalue weighted by molar-refractivity contribution is 0.0984. The maximum Gasteiger partial charge on any atom is 0.260 e. The highest BCUT2D eigenvalue weighted by Gasteiger charge is 2.24. The van der Waals surface area contributed by atoms with Crippen LogP contribution in [0, 0.1) is 13.8 Å². The van der Waals surface area contributed by atoms with E-state index in [1.165, 1.54) is 23.5 Å². The molecule has 1 amide bonds. The average molecular weight is 466 g/mol. The number of sulfone groups is 1. The zero-order valence-electron chi connectivity index (χ0n) is 18.1. The van der Waals surface area contributed by atoms with E-state index >= 15 is 0 Å². The van der Waals surface area contributed by atoms with Crippen molar-refractivity contribution in [2.24, 2.45) is 0 Å². The molecule has 2 heterocycles. The largest absolute Gasteiger partial charge is 0.278 e. The predicted molar refractivity (Wildman–Crippen MR) is 128 cm³/mol. The molecule has 0 radical (unpaired) electrons. The molecule has 8 heteroatoms. The highest BCUT2D eigenvalue weighted by molar-refractivity contribution is 7.91. The van der Waals surface area contributed by atoms with Crippen LogP contribution in [0.15, 0.2) is 65.7 Å². The van der Waals surface area contributed by atoms with Crippen molar-refractivity contribution in [3.8, 4) is 0 Å². The quantitative estimate of drug-likeness (QED) is 0.403. The summed E-state index contributed by atoms with van der Waals surface area (Å²) in [5.41, 5.74) is 4.08. The van der Waals surface area contributed by atoms with Crippen molar-refractivity contribution >= 4 is 42.4 Å². The topological polar surface area (TPSA) is 80.2 Å². The van der Waals surface area contributed by atoms with Crippen LogP contribution in [0.3, 0.4) is 0 Å². The summed E-state index contributed by atoms with van der Waals surface area (Å²) >= 11 is 1.43. The van der Waals surface area contributed by atoms with Gasteiger partial charge in [-0.1, -0.05) is 36.5 Å². The third-order valence-corrected chi connectivity index (χ3v) is 8.19. The molecule has 0 atom stereocenters. The van der Waals surface area contributed by atoms with E-state index in [2.05, 4.69) is 4.98 Å². The predicted octanol–water partition coefficient (Wildman–Crippen LogP) is 4.95. The Morgan fingerprint density at radius 3 is 2.59 bits per heavy atom. The number of pyridine rings is 1. The Hall–Kier alpha value is -3.10. The van der Waals surface area contributed by atoms with E-state index in [1.54, 1.807) is 30.2 Å². The Morgan fingerprint density at radius 2 is 1.88 bits per heavy atom. The Bertz CT molecular complexity index is 1400. The number of hydrogen-bond donors (Lipinski definition) is 0. The van der Waals surface area contributed by atoms with Gasteiger partial charge >= 0.3 is 0 Å². The lowest BCUT2D eigenvalue weighted by Gasteiger charge is -2.20. The van der Waals surface area contributed by atoms with Gasteiger partial charge in [0.2, 0.25) is 0 Å². The Morgan fingerprint density at radius 1 is 1.06 bits per heavy atom. The van der Waals surface area contributed by atoms with Crippen molar-refractivity contribution < 1.29 is 13.2 Å². The summed E-state index contributed by atoms with van der Waals surface area (Å²) < 4.78 is 25.7. The SMILES string of the molecule is CCS(=O)(=O)c1cccc(C(=O)N(Cc2ccccn2)c2nc3c(C)c(C)ccc3s2)c1. The second-order valence-electron chi connectivity index (χ2n) is 7.49. The van der Waals surface area contributed by atoms with Crippen molar-refractivity contribution in [2.75, 3.05) is 10.7 Å². The molecule has 0 N–H and O–H groups in total. The molecule has 0 saturated heterocycles. The second kappa shape index (κ2) is 8.80. The van der Waals surface area contributed by atoms with Crippen LogP contribution in [-0.2, 0) is 16.4 Å². The third-order valence-electron chi connectivity index (χ3n) is 5.42. The number of nitrogens with zero attached hydrogens (tertiary/aromatic N) is 3. The first-order chi connectivity index (χ1) is 15.3. The zero-order chi connectivity index (χ0) is 22.9. The van der Waals surface area contributed by atoms with Gasteiger partial charge in [-0.15, -0.1) is 0 Å². The number of anilines is 1. The van der Waals surface area contributed by atoms with Gasteiger partial charge in [0.25, 0.3) is 5.91 Å². The van der Waals surface area contributed by atoms with Crippen molar-refractivity contribution in [1.29, 1.82) is 0 Å². The van der Waals surface area contributed by atoms with Gasteiger partial charge in [0.15, 0.2) is 15.0 Å². The molecule has 6 nitrogen and oxygen atoms in total. The van der Waals surface area contributed by atoms with Gasteiger partial charge in [0, 0.05) is 11.8 Å². The summed E-state index contributed by atoms with van der Waals surface area (Å²) in [5, 5.41) is 0.549. The molecule has 4 rings (SSSR count). The van der Waals surface area contributed by atoms with Crippen LogP contribution in [0.2, 0.25) is 0 Å². The number of carbonyl (C=O) groups is 1. The summed E-state index contributed by atoms with van der Waals surface area (Å²) in [5.74, 6) is -0.351. The first-order valence-corrected chi connectivity index (χ1v) is 12.7. The van der Waals surface area contributed by atoms with Crippen molar-refractivity contribution in [3.05, 3.63) is 83.2 Å². The second-order valence-corrected chi connectivity index (χ2v) is 10.8. The number of carbonyl (C=O) groups excluding carboxylic acids is 1. The van der Waals surface area contributed by atoms with E-state index in [4.69, 9.17) is 4.98 Å². The maximum absolute atomic E-state index is 13.6. The highest BCUT2D eigenvalue weighted by atomic mass is 32.2. The third kappa shape index (κ3) is 4.28. The van der Waals surface area contributed by atoms with Gasteiger partial charge in [0.05, 0.1) is 33.1 Å². The van der Waals surface area contributed by atoms with Crippen LogP contribution in [0.25, 0.3) is 10.2 Å². The van der Waals surface area contributed by atoms with Gasteiger partial charge in [-0.3, -0.25) is 14.7 Å². The molecule has 0 aliphatic carbocycles. The van der Waals surface area contributed by atoms with Crippen LogP contribution >= 0.6 is 11.3 Å². The van der Waals surface area contributed by atoms with Gasteiger partial charge in [-0.2, -0.15) is 0 Å². The standard InChI is InChI=1S/C24H23N3O3S2/c1-4-32(29,30)20-10-7-8-18(14-20)23(28)27(15-19-9-5-6-13-25-19)24-26-22-17(3)16(2)11-12-21(22)31-24/h5-14H,4,15H2,1-3H3. The highest BCUT2D eigenvalue weighted by Crippen LogP contribution is 2.33. The molecule has 0 bridgehead atoms.